The topological polar surface area (TPSA) is 152 Å². The van der Waals surface area contributed by atoms with Crippen molar-refractivity contribution < 1.29 is 39.4 Å². The molecule has 1 saturated heterocycles. The van der Waals surface area contributed by atoms with Crippen molar-refractivity contribution >= 4 is 28.6 Å². The summed E-state index contributed by atoms with van der Waals surface area (Å²) in [6, 6.07) is 12.2. The van der Waals surface area contributed by atoms with Crippen LogP contribution in [0.3, 0.4) is 0 Å². The van der Waals surface area contributed by atoms with Crippen LogP contribution < -0.4 is 15.2 Å². The van der Waals surface area contributed by atoms with Crippen molar-refractivity contribution in [2.45, 2.75) is 37.1 Å². The zero-order valence-corrected chi connectivity index (χ0v) is 17.9. The number of aliphatic hydroxyl groups is 3. The van der Waals surface area contributed by atoms with Gasteiger partial charge < -0.3 is 40.4 Å². The number of aliphatic hydroxyl groups excluding tert-OH is 3. The summed E-state index contributed by atoms with van der Waals surface area (Å²) in [4.78, 5) is 11.2. The van der Waals surface area contributed by atoms with Crippen LogP contribution >= 0.6 is 22.6 Å². The number of hydrogen-bond donors (Lipinski definition) is 5. The van der Waals surface area contributed by atoms with E-state index in [-0.39, 0.29) is 5.75 Å². The lowest BCUT2D eigenvalue weighted by atomic mass is 9.99. The molecule has 1 aliphatic rings. The second-order valence-electron chi connectivity index (χ2n) is 6.73. The first kappa shape index (κ1) is 22.7. The fourth-order valence-electron chi connectivity index (χ4n) is 2.95. The molecule has 0 amide bonds. The molecule has 0 unspecified atom stereocenters. The van der Waals surface area contributed by atoms with Crippen LogP contribution in [0.5, 0.6) is 17.2 Å². The van der Waals surface area contributed by atoms with Crippen LogP contribution in [0, 0.1) is 3.57 Å². The van der Waals surface area contributed by atoms with Gasteiger partial charge in [-0.15, -0.1) is 0 Å². The maximum Gasteiger partial charge on any atom is 0.335 e. The number of benzene rings is 2. The summed E-state index contributed by atoms with van der Waals surface area (Å²) in [5.41, 5.74) is 6.69. The molecular weight excluding hydrogens is 509 g/mol. The van der Waals surface area contributed by atoms with Crippen LogP contribution in [-0.4, -0.2) is 63.6 Å². The number of carboxylic acid groups (broad SMARTS) is 1. The van der Waals surface area contributed by atoms with Gasteiger partial charge in [0.15, 0.2) is 6.10 Å². The largest absolute Gasteiger partial charge is 0.479 e. The van der Waals surface area contributed by atoms with Gasteiger partial charge in [-0.25, -0.2) is 4.79 Å². The van der Waals surface area contributed by atoms with E-state index in [1.54, 1.807) is 24.3 Å². The van der Waals surface area contributed by atoms with Gasteiger partial charge in [0.05, 0.1) is 3.57 Å². The summed E-state index contributed by atoms with van der Waals surface area (Å²) in [6.45, 7) is 0.570. The van der Waals surface area contributed by atoms with Gasteiger partial charge >= 0.3 is 5.97 Å². The third-order valence-corrected chi connectivity index (χ3v) is 5.39. The molecule has 9 nitrogen and oxygen atoms in total. The molecular formula is C20H22INO8. The number of hydrogen-bond acceptors (Lipinski definition) is 8. The van der Waals surface area contributed by atoms with E-state index in [9.17, 15) is 20.1 Å². The van der Waals surface area contributed by atoms with E-state index in [1.165, 1.54) is 0 Å². The van der Waals surface area contributed by atoms with Gasteiger partial charge in [0.2, 0.25) is 6.29 Å². The Bertz CT molecular complexity index is 878. The fraction of sp³-hybridized carbons (Fsp3) is 0.350. The van der Waals surface area contributed by atoms with Crippen LogP contribution in [0.15, 0.2) is 42.5 Å². The van der Waals surface area contributed by atoms with Crippen LogP contribution in [-0.2, 0) is 16.0 Å². The highest BCUT2D eigenvalue weighted by molar-refractivity contribution is 14.1. The normalized spacial score (nSPS) is 26.2. The highest BCUT2D eigenvalue weighted by atomic mass is 127. The van der Waals surface area contributed by atoms with Crippen LogP contribution in [0.4, 0.5) is 0 Å². The molecule has 0 spiro atoms. The summed E-state index contributed by atoms with van der Waals surface area (Å²) in [7, 11) is 0. The predicted molar refractivity (Wildman–Crippen MR) is 113 cm³/mol. The van der Waals surface area contributed by atoms with Gasteiger partial charge in [-0.1, -0.05) is 6.07 Å². The summed E-state index contributed by atoms with van der Waals surface area (Å²) in [6.07, 6.45) is -7.53. The Balaban J connectivity index is 1.66. The van der Waals surface area contributed by atoms with Gasteiger partial charge in [-0.3, -0.25) is 0 Å². The molecule has 6 N–H and O–H groups in total. The number of carbonyl (C=O) groups is 1. The van der Waals surface area contributed by atoms with E-state index < -0.39 is 36.7 Å². The molecule has 0 saturated carbocycles. The number of halogens is 1. The second kappa shape index (κ2) is 9.90. The zero-order valence-electron chi connectivity index (χ0n) is 15.7. The molecule has 2 aromatic rings. The van der Waals surface area contributed by atoms with Gasteiger partial charge in [-0.2, -0.15) is 0 Å². The highest BCUT2D eigenvalue weighted by Gasteiger charge is 2.48. The van der Waals surface area contributed by atoms with Gasteiger partial charge in [-0.05, 0) is 77.5 Å². The van der Waals surface area contributed by atoms with E-state index in [2.05, 4.69) is 22.6 Å². The summed E-state index contributed by atoms with van der Waals surface area (Å²) in [5, 5.41) is 38.7. The molecule has 3 rings (SSSR count). The summed E-state index contributed by atoms with van der Waals surface area (Å²) < 4.78 is 17.4. The van der Waals surface area contributed by atoms with Gasteiger partial charge in [0.1, 0.15) is 35.6 Å². The minimum Gasteiger partial charge on any atom is -0.479 e. The third kappa shape index (κ3) is 5.20. The molecule has 30 heavy (non-hydrogen) atoms. The maximum atomic E-state index is 11.2. The number of ether oxygens (including phenoxy) is 3. The van der Waals surface area contributed by atoms with Crippen molar-refractivity contribution in [2.75, 3.05) is 6.54 Å². The Hall–Kier alpha value is -1.96. The van der Waals surface area contributed by atoms with Crippen molar-refractivity contribution in [1.82, 2.24) is 0 Å². The number of nitrogens with two attached hydrogens (primary N) is 1. The zero-order chi connectivity index (χ0) is 21.8. The average molecular weight is 531 g/mol. The number of rotatable bonds is 7. The van der Waals surface area contributed by atoms with E-state index in [0.717, 1.165) is 15.6 Å². The lowest BCUT2D eigenvalue weighted by Crippen LogP contribution is -2.61. The first-order valence-corrected chi connectivity index (χ1v) is 10.2. The first-order chi connectivity index (χ1) is 14.3. The molecule has 162 valence electrons. The van der Waals surface area contributed by atoms with Gasteiger partial charge in [0.25, 0.3) is 0 Å². The number of aliphatic carboxylic acids is 1. The van der Waals surface area contributed by atoms with Crippen molar-refractivity contribution in [3.05, 3.63) is 51.6 Å². The Morgan fingerprint density at radius 3 is 2.30 bits per heavy atom. The molecule has 0 radical (unpaired) electrons. The summed E-state index contributed by atoms with van der Waals surface area (Å²) >= 11 is 2.18. The van der Waals surface area contributed by atoms with Crippen LogP contribution in [0.1, 0.15) is 5.56 Å². The average Bonchev–Trinajstić information content (AvgIpc) is 2.71. The minimum absolute atomic E-state index is 0.257. The Morgan fingerprint density at radius 1 is 1.03 bits per heavy atom. The van der Waals surface area contributed by atoms with E-state index in [4.69, 9.17) is 25.1 Å². The van der Waals surface area contributed by atoms with Crippen molar-refractivity contribution in [1.29, 1.82) is 0 Å². The molecule has 1 heterocycles. The summed E-state index contributed by atoms with van der Waals surface area (Å²) in [5.74, 6) is -0.00157. The molecule has 0 aliphatic carbocycles. The Morgan fingerprint density at radius 2 is 1.70 bits per heavy atom. The maximum absolute atomic E-state index is 11.2. The number of carboxylic acids is 1. The molecule has 5 atom stereocenters. The molecule has 10 heteroatoms. The Labute approximate surface area is 186 Å². The molecule has 1 aliphatic heterocycles. The van der Waals surface area contributed by atoms with E-state index in [1.807, 2.05) is 18.2 Å². The predicted octanol–water partition coefficient (Wildman–Crippen LogP) is 0.856. The third-order valence-electron chi connectivity index (χ3n) is 4.55. The van der Waals surface area contributed by atoms with Crippen molar-refractivity contribution in [3.63, 3.8) is 0 Å². The van der Waals surface area contributed by atoms with Crippen molar-refractivity contribution in [2.24, 2.45) is 5.73 Å². The quantitative estimate of drug-likeness (QED) is 0.328. The monoisotopic (exact) mass is 531 g/mol. The first-order valence-electron chi connectivity index (χ1n) is 9.15. The van der Waals surface area contributed by atoms with Crippen LogP contribution in [0.25, 0.3) is 0 Å². The second-order valence-corrected chi connectivity index (χ2v) is 7.89. The van der Waals surface area contributed by atoms with E-state index >= 15 is 0 Å². The highest BCUT2D eigenvalue weighted by Crippen LogP contribution is 2.30. The smallest absolute Gasteiger partial charge is 0.335 e. The molecule has 1 fully saturated rings. The fourth-order valence-corrected chi connectivity index (χ4v) is 3.64. The molecule has 2 aromatic carbocycles. The van der Waals surface area contributed by atoms with Crippen LogP contribution in [0.2, 0.25) is 0 Å². The van der Waals surface area contributed by atoms with Gasteiger partial charge in [0, 0.05) is 0 Å². The molecule has 0 bridgehead atoms. The Kier molecular flexibility index (Phi) is 7.50. The standard InChI is InChI=1S/C20H22INO8/c21-13-9-10(7-8-22)1-6-14(13)28-11-2-4-12(5-3-11)29-20-17(25)15(23)16(24)18(30-20)19(26)27/h1-6,9,15-18,20,23-25H,7-8,22H2,(H,26,27)/t15-,16-,17+,18-,20-/m0/s1. The SMILES string of the molecule is NCCc1ccc(Oc2ccc(O[C@H]3O[C@H](C(=O)O)[C@@H](O)[C@H](O)[C@H]3O)cc2)c(I)c1. The molecule has 0 aromatic heterocycles. The van der Waals surface area contributed by atoms with Crippen molar-refractivity contribution in [3.8, 4) is 17.2 Å². The minimum atomic E-state index is -1.77. The lowest BCUT2D eigenvalue weighted by Gasteiger charge is -2.38. The lowest BCUT2D eigenvalue weighted by molar-refractivity contribution is -0.271. The van der Waals surface area contributed by atoms with E-state index in [0.29, 0.717) is 18.0 Å².